The third kappa shape index (κ3) is 35.0. The van der Waals surface area contributed by atoms with Crippen molar-refractivity contribution >= 4 is 17.9 Å². The van der Waals surface area contributed by atoms with Crippen LogP contribution in [0.2, 0.25) is 0 Å². The van der Waals surface area contributed by atoms with Crippen LogP contribution in [-0.2, 0) is 28.6 Å². The fourth-order valence-corrected chi connectivity index (χ4v) is 6.08. The first-order valence-electron chi connectivity index (χ1n) is 21.7. The Morgan fingerprint density at radius 1 is 0.574 bits per heavy atom. The highest BCUT2D eigenvalue weighted by Crippen LogP contribution is 2.13. The smallest absolute Gasteiger partial charge is 0.306 e. The number of aliphatic carboxylic acids is 1. The lowest BCUT2D eigenvalue weighted by molar-refractivity contribution is -0.889. The molecule has 312 valence electrons. The number of hydrogen-bond donors (Lipinski definition) is 0. The van der Waals surface area contributed by atoms with Crippen molar-refractivity contribution in [3.63, 3.8) is 0 Å². The van der Waals surface area contributed by atoms with Crippen molar-refractivity contribution in [3.8, 4) is 0 Å². The number of quaternary nitrogens is 1. The van der Waals surface area contributed by atoms with Crippen LogP contribution in [0, 0.1) is 0 Å². The molecule has 8 nitrogen and oxygen atoms in total. The average Bonchev–Trinajstić information content (AvgIpc) is 3.12. The van der Waals surface area contributed by atoms with Gasteiger partial charge in [0.05, 0.1) is 40.3 Å². The maximum absolute atomic E-state index is 12.7. The lowest BCUT2D eigenvalue weighted by Gasteiger charge is -2.34. The molecule has 0 spiro atoms. The Morgan fingerprint density at radius 2 is 1.04 bits per heavy atom. The fraction of sp³-hybridized carbons (Fsp3) is 0.761. The summed E-state index contributed by atoms with van der Waals surface area (Å²) in [6, 6.07) is -0.731. The molecule has 0 N–H and O–H groups in total. The lowest BCUT2D eigenvalue weighted by Crippen LogP contribution is -2.55. The zero-order valence-electron chi connectivity index (χ0n) is 35.4. The van der Waals surface area contributed by atoms with Gasteiger partial charge in [0.2, 0.25) is 0 Å². The number of carbonyl (C=O) groups is 3. The number of hydrogen-bond acceptors (Lipinski definition) is 7. The largest absolute Gasteiger partial charge is 0.544 e. The first kappa shape index (κ1) is 51.3. The van der Waals surface area contributed by atoms with Crippen LogP contribution in [0.15, 0.2) is 48.6 Å². The summed E-state index contributed by atoms with van der Waals surface area (Å²) in [5, 5.41) is 11.6. The second-order valence-electron chi connectivity index (χ2n) is 15.5. The van der Waals surface area contributed by atoms with Gasteiger partial charge in [0.15, 0.2) is 6.10 Å². The zero-order valence-corrected chi connectivity index (χ0v) is 35.4. The minimum absolute atomic E-state index is 0.0294. The molecule has 0 radical (unpaired) electrons. The number of unbranched alkanes of at least 4 members (excludes halogenated alkanes) is 16. The van der Waals surface area contributed by atoms with Crippen LogP contribution in [0.4, 0.5) is 0 Å². The van der Waals surface area contributed by atoms with Crippen molar-refractivity contribution in [1.29, 1.82) is 0 Å². The number of rotatable bonds is 38. The van der Waals surface area contributed by atoms with E-state index < -0.39 is 18.1 Å². The molecule has 0 saturated heterocycles. The van der Waals surface area contributed by atoms with Gasteiger partial charge < -0.3 is 28.6 Å². The molecule has 0 bridgehead atoms. The molecule has 2 unspecified atom stereocenters. The molecule has 0 aromatic heterocycles. The van der Waals surface area contributed by atoms with Crippen LogP contribution in [0.1, 0.15) is 174 Å². The molecular weight excluding hydrogens is 679 g/mol. The second-order valence-corrected chi connectivity index (χ2v) is 15.5. The van der Waals surface area contributed by atoms with Crippen molar-refractivity contribution in [2.45, 2.75) is 187 Å². The fourth-order valence-electron chi connectivity index (χ4n) is 6.08. The summed E-state index contributed by atoms with van der Waals surface area (Å²) in [6.45, 7) is 4.51. The van der Waals surface area contributed by atoms with E-state index in [4.69, 9.17) is 14.2 Å². The van der Waals surface area contributed by atoms with E-state index in [0.29, 0.717) is 12.8 Å². The Bertz CT molecular complexity index is 1030. The van der Waals surface area contributed by atoms with Gasteiger partial charge in [-0.3, -0.25) is 9.59 Å². The van der Waals surface area contributed by atoms with Crippen LogP contribution in [0.25, 0.3) is 0 Å². The number of esters is 2. The monoisotopic (exact) mass is 760 g/mol. The van der Waals surface area contributed by atoms with Crippen LogP contribution in [0.3, 0.4) is 0 Å². The summed E-state index contributed by atoms with van der Waals surface area (Å²) in [5.41, 5.74) is 0. The number of carbonyl (C=O) groups excluding carboxylic acids is 3. The molecule has 0 aromatic rings. The minimum Gasteiger partial charge on any atom is -0.544 e. The third-order valence-corrected chi connectivity index (χ3v) is 9.45. The van der Waals surface area contributed by atoms with Gasteiger partial charge in [0.25, 0.3) is 0 Å². The normalized spacial score (nSPS) is 13.4. The second kappa shape index (κ2) is 37.2. The average molecular weight is 760 g/mol. The molecule has 8 heteroatoms. The SMILES string of the molecule is CC/C=C/C/C=C/C/C=C/CCCCCCC(=O)OCC(COCCC(C(=O)[O-])[N+](C)(C)C)OC(=O)CCCCCCC/C=C/CCCCCCCCC. The Labute approximate surface area is 331 Å². The van der Waals surface area contributed by atoms with Gasteiger partial charge >= 0.3 is 11.9 Å². The van der Waals surface area contributed by atoms with Crippen LogP contribution in [-0.4, -0.2) is 75.5 Å². The lowest BCUT2D eigenvalue weighted by atomic mass is 10.1. The van der Waals surface area contributed by atoms with Gasteiger partial charge in [-0.1, -0.05) is 133 Å². The molecule has 0 aliphatic heterocycles. The molecular formula is C46H81NO7. The first-order valence-corrected chi connectivity index (χ1v) is 21.7. The summed E-state index contributed by atoms with van der Waals surface area (Å²) in [5.74, 6) is -1.78. The quantitative estimate of drug-likeness (QED) is 0.0267. The summed E-state index contributed by atoms with van der Waals surface area (Å²) >= 11 is 0. The summed E-state index contributed by atoms with van der Waals surface area (Å²) in [4.78, 5) is 36.8. The number of carboxylic acid groups (broad SMARTS) is 1. The van der Waals surface area contributed by atoms with Gasteiger partial charge in [0.1, 0.15) is 12.6 Å². The van der Waals surface area contributed by atoms with Gasteiger partial charge in [-0.05, 0) is 70.6 Å². The van der Waals surface area contributed by atoms with Crippen LogP contribution < -0.4 is 5.11 Å². The highest BCUT2D eigenvalue weighted by atomic mass is 16.6. The Morgan fingerprint density at radius 3 is 1.56 bits per heavy atom. The number of likely N-dealkylation sites (N-methyl/N-ethyl adjacent to an activating group) is 1. The van der Waals surface area contributed by atoms with Gasteiger partial charge in [0, 0.05) is 19.3 Å². The summed E-state index contributed by atoms with van der Waals surface area (Å²) in [7, 11) is 5.39. The Kier molecular flexibility index (Phi) is 35.4. The molecule has 0 aliphatic rings. The van der Waals surface area contributed by atoms with Gasteiger partial charge in [-0.15, -0.1) is 0 Å². The summed E-state index contributed by atoms with van der Waals surface area (Å²) in [6.07, 6.45) is 42.7. The van der Waals surface area contributed by atoms with E-state index in [0.717, 1.165) is 83.5 Å². The number of ether oxygens (including phenoxy) is 3. The molecule has 0 aliphatic carbocycles. The molecule has 0 saturated carbocycles. The van der Waals surface area contributed by atoms with E-state index in [9.17, 15) is 19.5 Å². The first-order chi connectivity index (χ1) is 26.1. The molecule has 2 atom stereocenters. The Hall–Kier alpha value is -2.71. The maximum atomic E-state index is 12.7. The molecule has 0 aromatic carbocycles. The van der Waals surface area contributed by atoms with E-state index >= 15 is 0 Å². The van der Waals surface area contributed by atoms with Crippen molar-refractivity contribution in [1.82, 2.24) is 0 Å². The molecule has 0 fully saturated rings. The molecule has 0 amide bonds. The van der Waals surface area contributed by atoms with Crippen molar-refractivity contribution in [3.05, 3.63) is 48.6 Å². The zero-order chi connectivity index (χ0) is 40.0. The molecule has 54 heavy (non-hydrogen) atoms. The highest BCUT2D eigenvalue weighted by molar-refractivity contribution is 5.70. The van der Waals surface area contributed by atoms with E-state index in [1.807, 2.05) is 0 Å². The van der Waals surface area contributed by atoms with E-state index in [-0.39, 0.29) is 42.7 Å². The van der Waals surface area contributed by atoms with Crippen molar-refractivity contribution < 1.29 is 38.2 Å². The standard InChI is InChI=1S/C46H81NO7/c1-6-8-10-12-14-16-18-20-22-23-25-27-29-31-33-35-37-45(49)54-42(40-52-39-38-43(46(50)51)47(3,4)5)41-53-44(48)36-34-32-30-28-26-24-21-19-17-15-13-11-9-7-2/h9,11,15,17,21-24,42-43H,6-8,10,12-14,16,18-20,25-41H2,1-5H3/b11-9+,17-15+,23-22+,24-21+. The van der Waals surface area contributed by atoms with Crippen molar-refractivity contribution in [2.24, 2.45) is 0 Å². The highest BCUT2D eigenvalue weighted by Gasteiger charge is 2.25. The molecule has 0 rings (SSSR count). The third-order valence-electron chi connectivity index (χ3n) is 9.45. The topological polar surface area (TPSA) is 102 Å². The maximum Gasteiger partial charge on any atom is 0.306 e. The Balaban J connectivity index is 4.40. The minimum atomic E-state index is -1.13. The van der Waals surface area contributed by atoms with E-state index in [2.05, 4.69) is 62.5 Å². The van der Waals surface area contributed by atoms with Crippen LogP contribution >= 0.6 is 0 Å². The predicted molar refractivity (Wildman–Crippen MR) is 222 cm³/mol. The number of nitrogens with zero attached hydrogens (tertiary/aromatic N) is 1. The number of allylic oxidation sites excluding steroid dienone is 8. The van der Waals surface area contributed by atoms with E-state index in [1.165, 1.54) is 57.8 Å². The van der Waals surface area contributed by atoms with E-state index in [1.54, 1.807) is 21.1 Å². The molecule has 0 heterocycles. The summed E-state index contributed by atoms with van der Waals surface area (Å²) < 4.78 is 17.1. The number of carboxylic acids is 1. The van der Waals surface area contributed by atoms with Crippen molar-refractivity contribution in [2.75, 3.05) is 41.0 Å². The van der Waals surface area contributed by atoms with Gasteiger partial charge in [-0.2, -0.15) is 0 Å². The van der Waals surface area contributed by atoms with Crippen LogP contribution in [0.5, 0.6) is 0 Å². The van der Waals surface area contributed by atoms with Gasteiger partial charge in [-0.25, -0.2) is 0 Å². The predicted octanol–water partition coefficient (Wildman–Crippen LogP) is 10.3.